The average molecular weight is 298 g/mol. The molecular formula is C18H22N2O2. The van der Waals surface area contributed by atoms with Crippen LogP contribution in [0.15, 0.2) is 42.5 Å². The van der Waals surface area contributed by atoms with Gasteiger partial charge in [-0.1, -0.05) is 30.3 Å². The Labute approximate surface area is 131 Å². The fraction of sp³-hybridized carbons (Fsp3) is 0.278. The number of hydrogen-bond acceptors (Lipinski definition) is 3. The van der Waals surface area contributed by atoms with E-state index in [2.05, 4.69) is 17.6 Å². The van der Waals surface area contributed by atoms with E-state index < -0.39 is 0 Å². The fourth-order valence-corrected chi connectivity index (χ4v) is 2.45. The molecule has 2 rings (SSSR count). The highest BCUT2D eigenvalue weighted by molar-refractivity contribution is 5.96. The third-order valence-corrected chi connectivity index (χ3v) is 3.81. The van der Waals surface area contributed by atoms with E-state index in [1.807, 2.05) is 49.4 Å². The summed E-state index contributed by atoms with van der Waals surface area (Å²) < 4.78 is 0. The second kappa shape index (κ2) is 7.09. The zero-order valence-electron chi connectivity index (χ0n) is 13.2. The van der Waals surface area contributed by atoms with Gasteiger partial charge in [-0.25, -0.2) is 0 Å². The molecule has 3 N–H and O–H groups in total. The molecule has 2 aromatic rings. The number of anilines is 1. The van der Waals surface area contributed by atoms with E-state index in [1.54, 1.807) is 7.05 Å². The topological polar surface area (TPSA) is 61.4 Å². The molecule has 0 aliphatic rings. The van der Waals surface area contributed by atoms with Crippen LogP contribution in [0, 0.1) is 6.92 Å². The average Bonchev–Trinajstić information content (AvgIpc) is 2.56. The van der Waals surface area contributed by atoms with Gasteiger partial charge in [0.25, 0.3) is 5.91 Å². The second-order valence-corrected chi connectivity index (χ2v) is 5.33. The van der Waals surface area contributed by atoms with E-state index in [9.17, 15) is 9.90 Å². The molecule has 0 fully saturated rings. The van der Waals surface area contributed by atoms with Crippen LogP contribution in [0.5, 0.6) is 0 Å². The third-order valence-electron chi connectivity index (χ3n) is 3.81. The number of carbonyl (C=O) groups excluding carboxylic acids is 1. The molecular weight excluding hydrogens is 276 g/mol. The summed E-state index contributed by atoms with van der Waals surface area (Å²) in [7, 11) is 1.63. The van der Waals surface area contributed by atoms with E-state index in [-0.39, 0.29) is 18.6 Å². The highest BCUT2D eigenvalue weighted by Gasteiger charge is 2.12. The summed E-state index contributed by atoms with van der Waals surface area (Å²) in [4.78, 5) is 11.9. The Kier molecular flexibility index (Phi) is 5.17. The molecule has 0 aliphatic carbocycles. The quantitative estimate of drug-likeness (QED) is 0.795. The number of nitrogens with one attached hydrogen (secondary N) is 2. The summed E-state index contributed by atoms with van der Waals surface area (Å²) in [6.45, 7) is 4.03. The molecule has 0 radical (unpaired) electrons. The Bertz CT molecular complexity index is 668. The van der Waals surface area contributed by atoms with Gasteiger partial charge in [-0.3, -0.25) is 4.79 Å². The lowest BCUT2D eigenvalue weighted by Crippen LogP contribution is -2.19. The Morgan fingerprint density at radius 3 is 2.64 bits per heavy atom. The maximum absolute atomic E-state index is 11.9. The first-order chi connectivity index (χ1) is 10.6. The zero-order chi connectivity index (χ0) is 16.1. The number of benzene rings is 2. The predicted octanol–water partition coefficient (Wildman–Crippen LogP) is 3.02. The summed E-state index contributed by atoms with van der Waals surface area (Å²) in [5.41, 5.74) is 4.51. The van der Waals surface area contributed by atoms with E-state index >= 15 is 0 Å². The van der Waals surface area contributed by atoms with Crippen LogP contribution in [0.1, 0.15) is 40.0 Å². The Morgan fingerprint density at radius 2 is 1.95 bits per heavy atom. The fourth-order valence-electron chi connectivity index (χ4n) is 2.45. The van der Waals surface area contributed by atoms with Crippen molar-refractivity contribution in [2.75, 3.05) is 12.4 Å². The molecule has 116 valence electrons. The van der Waals surface area contributed by atoms with Crippen LogP contribution in [-0.2, 0) is 6.61 Å². The van der Waals surface area contributed by atoms with Gasteiger partial charge in [-0.05, 0) is 42.7 Å². The third kappa shape index (κ3) is 3.46. The summed E-state index contributed by atoms with van der Waals surface area (Å²) in [6.07, 6.45) is 0. The maximum Gasteiger partial charge on any atom is 0.251 e. The lowest BCUT2D eigenvalue weighted by Gasteiger charge is -2.19. The van der Waals surface area contributed by atoms with Crippen molar-refractivity contribution in [3.63, 3.8) is 0 Å². The standard InChI is InChI=1S/C18H22N2O2/c1-12-16(18(22)19-3)8-5-9-17(12)20-13(2)15-7-4-6-14(10-15)11-21/h4-10,13,20-21H,11H2,1-3H3,(H,19,22). The van der Waals surface area contributed by atoms with Crippen LogP contribution in [-0.4, -0.2) is 18.1 Å². The molecule has 0 aromatic heterocycles. The minimum atomic E-state index is -0.0870. The van der Waals surface area contributed by atoms with Crippen LogP contribution in [0.2, 0.25) is 0 Å². The largest absolute Gasteiger partial charge is 0.392 e. The lowest BCUT2D eigenvalue weighted by atomic mass is 10.0. The summed E-state index contributed by atoms with van der Waals surface area (Å²) >= 11 is 0. The molecule has 0 heterocycles. The van der Waals surface area contributed by atoms with Crippen molar-refractivity contribution in [2.45, 2.75) is 26.5 Å². The maximum atomic E-state index is 11.9. The van der Waals surface area contributed by atoms with Gasteiger partial charge in [0, 0.05) is 24.3 Å². The number of amides is 1. The number of hydrogen-bond donors (Lipinski definition) is 3. The number of rotatable bonds is 5. The second-order valence-electron chi connectivity index (χ2n) is 5.33. The SMILES string of the molecule is CNC(=O)c1cccc(NC(C)c2cccc(CO)c2)c1C. The minimum Gasteiger partial charge on any atom is -0.392 e. The number of carbonyl (C=O) groups is 1. The van der Waals surface area contributed by atoms with Crippen LogP contribution in [0.25, 0.3) is 0 Å². The Hall–Kier alpha value is -2.33. The molecule has 0 bridgehead atoms. The highest BCUT2D eigenvalue weighted by Crippen LogP contribution is 2.25. The van der Waals surface area contributed by atoms with Gasteiger partial charge in [0.15, 0.2) is 0 Å². The summed E-state index contributed by atoms with van der Waals surface area (Å²) in [6, 6.07) is 13.6. The molecule has 0 saturated heterocycles. The van der Waals surface area contributed by atoms with Crippen LogP contribution in [0.4, 0.5) is 5.69 Å². The minimum absolute atomic E-state index is 0.0335. The molecule has 1 atom stereocenters. The number of aliphatic hydroxyl groups excluding tert-OH is 1. The molecule has 2 aromatic carbocycles. The van der Waals surface area contributed by atoms with Gasteiger partial charge >= 0.3 is 0 Å². The van der Waals surface area contributed by atoms with Crippen molar-refractivity contribution >= 4 is 11.6 Å². The molecule has 4 nitrogen and oxygen atoms in total. The van der Waals surface area contributed by atoms with Gasteiger partial charge in [0.2, 0.25) is 0 Å². The smallest absolute Gasteiger partial charge is 0.251 e. The monoisotopic (exact) mass is 298 g/mol. The molecule has 1 amide bonds. The highest BCUT2D eigenvalue weighted by atomic mass is 16.3. The van der Waals surface area contributed by atoms with Gasteiger partial charge in [0.1, 0.15) is 0 Å². The number of aliphatic hydroxyl groups is 1. The van der Waals surface area contributed by atoms with Crippen molar-refractivity contribution < 1.29 is 9.90 Å². The van der Waals surface area contributed by atoms with Crippen molar-refractivity contribution in [1.29, 1.82) is 0 Å². The first-order valence-corrected chi connectivity index (χ1v) is 7.34. The molecule has 1 unspecified atom stereocenters. The summed E-state index contributed by atoms with van der Waals surface area (Å²) in [5.74, 6) is -0.0870. The van der Waals surface area contributed by atoms with Crippen LogP contribution >= 0.6 is 0 Å². The Balaban J connectivity index is 2.24. The first kappa shape index (κ1) is 16.0. The van der Waals surface area contributed by atoms with Crippen molar-refractivity contribution in [1.82, 2.24) is 5.32 Å². The van der Waals surface area contributed by atoms with Crippen LogP contribution < -0.4 is 10.6 Å². The Morgan fingerprint density at radius 1 is 1.23 bits per heavy atom. The molecule has 0 spiro atoms. The lowest BCUT2D eigenvalue weighted by molar-refractivity contribution is 0.0962. The normalized spacial score (nSPS) is 11.8. The first-order valence-electron chi connectivity index (χ1n) is 7.34. The van der Waals surface area contributed by atoms with Gasteiger partial charge in [0.05, 0.1) is 6.61 Å². The van der Waals surface area contributed by atoms with Gasteiger partial charge in [-0.2, -0.15) is 0 Å². The molecule has 4 heteroatoms. The zero-order valence-corrected chi connectivity index (χ0v) is 13.2. The van der Waals surface area contributed by atoms with Crippen molar-refractivity contribution in [3.8, 4) is 0 Å². The molecule has 0 aliphatic heterocycles. The van der Waals surface area contributed by atoms with Crippen LogP contribution in [0.3, 0.4) is 0 Å². The van der Waals surface area contributed by atoms with Gasteiger partial charge < -0.3 is 15.7 Å². The van der Waals surface area contributed by atoms with Crippen molar-refractivity contribution in [2.24, 2.45) is 0 Å². The predicted molar refractivity (Wildman–Crippen MR) is 89.0 cm³/mol. The van der Waals surface area contributed by atoms with E-state index in [1.165, 1.54) is 0 Å². The molecule has 0 saturated carbocycles. The summed E-state index contributed by atoms with van der Waals surface area (Å²) in [5, 5.41) is 15.3. The van der Waals surface area contributed by atoms with E-state index in [4.69, 9.17) is 0 Å². The van der Waals surface area contributed by atoms with E-state index in [0.717, 1.165) is 22.4 Å². The van der Waals surface area contributed by atoms with Gasteiger partial charge in [-0.15, -0.1) is 0 Å². The van der Waals surface area contributed by atoms with E-state index in [0.29, 0.717) is 5.56 Å². The molecule has 22 heavy (non-hydrogen) atoms. The van der Waals surface area contributed by atoms with Crippen molar-refractivity contribution in [3.05, 3.63) is 64.7 Å².